The fraction of sp³-hybridized carbons (Fsp3) is 0.370. The molecule has 362 valence electrons. The maximum absolute atomic E-state index is 14.4. The van der Waals surface area contributed by atoms with Gasteiger partial charge in [0.15, 0.2) is 0 Å². The predicted molar refractivity (Wildman–Crippen MR) is 268 cm³/mol. The molecule has 6 aromatic rings. The highest BCUT2D eigenvalue weighted by Gasteiger charge is 2.39. The third-order valence-electron chi connectivity index (χ3n) is 14.5. The zero-order chi connectivity index (χ0) is 48.1. The molecule has 0 bridgehead atoms. The highest BCUT2D eigenvalue weighted by molar-refractivity contribution is 5.90. The molecule has 16 nitrogen and oxygen atoms in total. The van der Waals surface area contributed by atoms with E-state index in [1.165, 1.54) is 0 Å². The van der Waals surface area contributed by atoms with E-state index in [1.807, 2.05) is 97.0 Å². The third-order valence-corrected chi connectivity index (χ3v) is 14.5. The number of carbonyl (C=O) groups is 4. The lowest BCUT2D eigenvalue weighted by atomic mass is 10.0. The fourth-order valence-electron chi connectivity index (χ4n) is 10.3. The van der Waals surface area contributed by atoms with Gasteiger partial charge in [-0.2, -0.15) is 0 Å². The number of imidazole rings is 2. The van der Waals surface area contributed by atoms with Crippen LogP contribution in [-0.4, -0.2) is 153 Å². The Morgan fingerprint density at radius 2 is 0.843 bits per heavy atom. The van der Waals surface area contributed by atoms with E-state index in [0.29, 0.717) is 39.3 Å². The first-order chi connectivity index (χ1) is 34.2. The lowest BCUT2D eigenvalue weighted by Gasteiger charge is -2.34. The molecule has 4 atom stereocenters. The number of nitrogens with one attached hydrogen (secondary N) is 4. The van der Waals surface area contributed by atoms with Gasteiger partial charge >= 0.3 is 12.1 Å². The number of nitrogens with zero attached hydrogens (tertiary/aromatic N) is 8. The Morgan fingerprint density at radius 1 is 0.486 bits per heavy atom. The molecule has 0 radical (unpaired) electrons. The topological polar surface area (TPSA) is 169 Å². The van der Waals surface area contributed by atoms with Crippen molar-refractivity contribution in [2.24, 2.45) is 0 Å². The quantitative estimate of drug-likeness (QED) is 0.109. The highest BCUT2D eigenvalue weighted by Crippen LogP contribution is 2.36. The molecule has 2 aromatic heterocycles. The number of urea groups is 2. The summed E-state index contributed by atoms with van der Waals surface area (Å²) < 4.78 is 0. The van der Waals surface area contributed by atoms with Crippen LogP contribution in [-0.2, 0) is 9.59 Å². The molecule has 4 aliphatic heterocycles. The molecule has 4 aromatic carbocycles. The van der Waals surface area contributed by atoms with Crippen molar-refractivity contribution < 1.29 is 19.2 Å². The van der Waals surface area contributed by atoms with Crippen LogP contribution in [0.1, 0.15) is 72.6 Å². The van der Waals surface area contributed by atoms with Gasteiger partial charge in [-0.15, -0.1) is 0 Å². The second-order valence-electron chi connectivity index (χ2n) is 19.1. The minimum atomic E-state index is -0.809. The van der Waals surface area contributed by atoms with E-state index in [4.69, 9.17) is 9.97 Å². The lowest BCUT2D eigenvalue weighted by Crippen LogP contribution is -2.53. The number of piperazine rings is 2. The van der Waals surface area contributed by atoms with Crippen LogP contribution < -0.4 is 10.6 Å². The molecule has 10 rings (SSSR count). The fourth-order valence-corrected chi connectivity index (χ4v) is 10.3. The Hall–Kier alpha value is -7.30. The summed E-state index contributed by atoms with van der Waals surface area (Å²) in [5.41, 5.74) is 7.32. The Bertz CT molecular complexity index is 2560. The average Bonchev–Trinajstić information content (AvgIpc) is 4.26. The summed E-state index contributed by atoms with van der Waals surface area (Å²) in [5, 5.41) is 6.17. The predicted octanol–water partition coefficient (Wildman–Crippen LogP) is 6.86. The largest absolute Gasteiger partial charge is 0.340 e. The number of hydrogen-bond donors (Lipinski definition) is 4. The van der Waals surface area contributed by atoms with Crippen molar-refractivity contribution >= 4 is 23.9 Å². The maximum Gasteiger partial charge on any atom is 0.318 e. The summed E-state index contributed by atoms with van der Waals surface area (Å²) in [7, 11) is 4.10. The van der Waals surface area contributed by atoms with Crippen molar-refractivity contribution in [3.05, 3.63) is 144 Å². The van der Waals surface area contributed by atoms with Crippen LogP contribution >= 0.6 is 0 Å². The van der Waals surface area contributed by atoms with Crippen LogP contribution in [0.2, 0.25) is 0 Å². The summed E-state index contributed by atoms with van der Waals surface area (Å²) in [4.78, 5) is 84.1. The van der Waals surface area contributed by atoms with E-state index in [2.05, 4.69) is 78.9 Å². The van der Waals surface area contributed by atoms with Crippen LogP contribution in [0.3, 0.4) is 0 Å². The summed E-state index contributed by atoms with van der Waals surface area (Å²) in [5.74, 6) is 1.19. The molecule has 0 aliphatic carbocycles. The number of benzene rings is 4. The zero-order valence-corrected chi connectivity index (χ0v) is 40.0. The number of likely N-dealkylation sites (N-methyl/N-ethyl adjacent to an activating group) is 2. The number of aromatic nitrogens is 4. The molecule has 4 N–H and O–H groups in total. The standard InChI is InChI=1S/C54H62N12O4/c1-61-27-31-63(32-28-61)53(69)59-47(41-11-5-3-6-12-41)51(67)65-25-9-15-45(65)49-55-35-43(57-49)39-21-17-37(18-22-39)38-19-23-40(24-20-38)44-36-56-50(58-44)46-16-10-26-66(46)52(68)48(42-13-7-4-8-14-42)60-54(70)64-33-29-62(2)30-34-64/h3-8,11-14,17-24,35-36,45-48H,9-10,15-16,25-34H2,1-2H3,(H,55,57)(H,56,58)(H,59,69)(H,60,70). The molecular formula is C54H62N12O4. The molecule has 4 unspecified atom stereocenters. The summed E-state index contributed by atoms with van der Waals surface area (Å²) in [6.45, 7) is 6.81. The second kappa shape index (κ2) is 20.7. The van der Waals surface area contributed by atoms with Gasteiger partial charge < -0.3 is 50.0 Å². The van der Waals surface area contributed by atoms with Crippen LogP contribution in [0.5, 0.6) is 0 Å². The number of aromatic amines is 2. The Balaban J connectivity index is 0.785. The second-order valence-corrected chi connectivity index (χ2v) is 19.1. The van der Waals surface area contributed by atoms with Gasteiger partial charge in [0.2, 0.25) is 11.8 Å². The van der Waals surface area contributed by atoms with Crippen LogP contribution in [0, 0.1) is 0 Å². The zero-order valence-electron chi connectivity index (χ0n) is 40.0. The van der Waals surface area contributed by atoms with Crippen LogP contribution in [0.4, 0.5) is 9.59 Å². The van der Waals surface area contributed by atoms with Crippen LogP contribution in [0.25, 0.3) is 33.6 Å². The summed E-state index contributed by atoms with van der Waals surface area (Å²) in [6, 6.07) is 33.2. The van der Waals surface area contributed by atoms with E-state index >= 15 is 0 Å². The lowest BCUT2D eigenvalue weighted by molar-refractivity contribution is -0.135. The normalized spacial score (nSPS) is 19.8. The Kier molecular flexibility index (Phi) is 13.8. The van der Waals surface area contributed by atoms with Crippen molar-refractivity contribution in [1.82, 2.24) is 60.0 Å². The SMILES string of the molecule is CN1CCN(C(=O)NC(C(=O)N2CCCC2c2ncc(-c3ccc(-c4ccc(-c5cnc(C6CCCN6C(=O)C(NC(=O)N6CCN(C)CC6)c6ccccc6)[nH]5)cc4)cc3)[nH]2)c2ccccc2)CC1. The third kappa shape index (κ3) is 10.1. The molecular weight excluding hydrogens is 881 g/mol. The molecule has 4 saturated heterocycles. The number of hydrogen-bond acceptors (Lipinski definition) is 8. The van der Waals surface area contributed by atoms with Gasteiger partial charge in [-0.25, -0.2) is 19.6 Å². The molecule has 6 heterocycles. The first-order valence-electron chi connectivity index (χ1n) is 24.7. The van der Waals surface area contributed by atoms with E-state index < -0.39 is 12.1 Å². The van der Waals surface area contributed by atoms with Crippen molar-refractivity contribution in [2.45, 2.75) is 49.9 Å². The molecule has 0 spiro atoms. The summed E-state index contributed by atoms with van der Waals surface area (Å²) in [6.07, 6.45) is 6.88. The van der Waals surface area contributed by atoms with Gasteiger partial charge in [0.05, 0.1) is 35.9 Å². The van der Waals surface area contributed by atoms with Gasteiger partial charge in [0.25, 0.3) is 0 Å². The minimum absolute atomic E-state index is 0.137. The smallest absolute Gasteiger partial charge is 0.318 e. The van der Waals surface area contributed by atoms with E-state index in [1.54, 1.807) is 9.80 Å². The monoisotopic (exact) mass is 943 g/mol. The van der Waals surface area contributed by atoms with Gasteiger partial charge in [0.1, 0.15) is 23.7 Å². The Labute approximate surface area is 409 Å². The van der Waals surface area contributed by atoms with E-state index in [9.17, 15) is 19.2 Å². The van der Waals surface area contributed by atoms with E-state index in [-0.39, 0.29) is 36.0 Å². The summed E-state index contributed by atoms with van der Waals surface area (Å²) >= 11 is 0. The van der Waals surface area contributed by atoms with Gasteiger partial charge in [0, 0.05) is 65.4 Å². The minimum Gasteiger partial charge on any atom is -0.340 e. The average molecular weight is 943 g/mol. The molecule has 70 heavy (non-hydrogen) atoms. The molecule has 6 amide bonds. The molecule has 4 aliphatic rings. The van der Waals surface area contributed by atoms with Crippen molar-refractivity contribution in [1.29, 1.82) is 0 Å². The number of carbonyl (C=O) groups excluding carboxylic acids is 4. The molecule has 4 fully saturated rings. The Morgan fingerprint density at radius 3 is 1.21 bits per heavy atom. The van der Waals surface area contributed by atoms with Gasteiger partial charge in [-0.05, 0) is 73.2 Å². The molecule has 16 heteroatoms. The maximum atomic E-state index is 14.4. The first-order valence-corrected chi connectivity index (χ1v) is 24.7. The van der Waals surface area contributed by atoms with Crippen molar-refractivity contribution in [3.63, 3.8) is 0 Å². The van der Waals surface area contributed by atoms with E-state index in [0.717, 1.165) is 108 Å². The van der Waals surface area contributed by atoms with Crippen molar-refractivity contribution in [3.8, 4) is 33.6 Å². The number of amides is 6. The number of rotatable bonds is 11. The number of H-pyrrole nitrogens is 2. The van der Waals surface area contributed by atoms with Crippen molar-refractivity contribution in [2.75, 3.05) is 79.5 Å². The van der Waals surface area contributed by atoms with Gasteiger partial charge in [-0.1, -0.05) is 109 Å². The number of likely N-dealkylation sites (tertiary alicyclic amines) is 2. The van der Waals surface area contributed by atoms with Crippen LogP contribution in [0.15, 0.2) is 122 Å². The molecule has 0 saturated carbocycles. The first kappa shape index (κ1) is 46.4. The van der Waals surface area contributed by atoms with Gasteiger partial charge in [-0.3, -0.25) is 9.59 Å². The highest BCUT2D eigenvalue weighted by atomic mass is 16.2.